The van der Waals surface area contributed by atoms with Gasteiger partial charge in [0.1, 0.15) is 18.2 Å². The number of fused-ring (bicyclic) bond motifs is 1. The highest BCUT2D eigenvalue weighted by Crippen LogP contribution is 2.42. The topological polar surface area (TPSA) is 73.5 Å². The van der Waals surface area contributed by atoms with Crippen LogP contribution in [0.5, 0.6) is 11.5 Å². The molecular weight excluding hydrogens is 280 g/mol. The van der Waals surface area contributed by atoms with Gasteiger partial charge >= 0.3 is 0 Å². The first kappa shape index (κ1) is 14.8. The molecule has 0 atom stereocenters. The summed E-state index contributed by atoms with van der Waals surface area (Å²) in [4.78, 5) is 10.8. The minimum atomic E-state index is 0.148. The van der Waals surface area contributed by atoms with E-state index in [1.54, 1.807) is 7.11 Å². The van der Waals surface area contributed by atoms with Gasteiger partial charge in [0.15, 0.2) is 11.5 Å². The predicted molar refractivity (Wildman–Crippen MR) is 86.4 cm³/mol. The zero-order valence-corrected chi connectivity index (χ0v) is 13.5. The fourth-order valence-corrected chi connectivity index (χ4v) is 2.63. The van der Waals surface area contributed by atoms with Crippen LogP contribution in [-0.2, 0) is 0 Å². The maximum Gasteiger partial charge on any atom is 0.162 e. The number of nitrogens with two attached hydrogens (primary N) is 1. The summed E-state index contributed by atoms with van der Waals surface area (Å²) in [7, 11) is 5.80. The van der Waals surface area contributed by atoms with E-state index in [2.05, 4.69) is 29.0 Å². The summed E-state index contributed by atoms with van der Waals surface area (Å²) in [5.41, 5.74) is 6.92. The quantitative estimate of drug-likeness (QED) is 0.910. The summed E-state index contributed by atoms with van der Waals surface area (Å²) in [6.07, 6.45) is 2.31. The Morgan fingerprint density at radius 3 is 2.55 bits per heavy atom. The fraction of sp³-hybridized carbons (Fsp3) is 0.500. The van der Waals surface area contributed by atoms with Crippen molar-refractivity contribution in [3.63, 3.8) is 0 Å². The molecule has 0 radical (unpaired) electrons. The smallest absolute Gasteiger partial charge is 0.162 e. The molecule has 1 aromatic heterocycles. The number of nitrogen functional groups attached to an aromatic ring is 1. The number of nitrogens with zero attached hydrogens (tertiary/aromatic N) is 3. The molecule has 0 bridgehead atoms. The van der Waals surface area contributed by atoms with Gasteiger partial charge in [0, 0.05) is 11.5 Å². The van der Waals surface area contributed by atoms with Crippen molar-refractivity contribution >= 4 is 16.7 Å². The molecule has 1 aliphatic rings. The molecule has 0 aliphatic heterocycles. The lowest BCUT2D eigenvalue weighted by atomic mass is 10.2. The van der Waals surface area contributed by atoms with Crippen LogP contribution in [0.4, 0.5) is 5.82 Å². The van der Waals surface area contributed by atoms with Gasteiger partial charge in [-0.1, -0.05) is 0 Å². The molecule has 118 valence electrons. The van der Waals surface area contributed by atoms with Gasteiger partial charge in [-0.25, -0.2) is 9.97 Å². The van der Waals surface area contributed by atoms with E-state index in [1.165, 1.54) is 0 Å². The summed E-state index contributed by atoms with van der Waals surface area (Å²) in [6, 6.07) is 3.72. The third-order valence-corrected chi connectivity index (χ3v) is 4.39. The van der Waals surface area contributed by atoms with Crippen molar-refractivity contribution in [3.8, 4) is 11.5 Å². The third kappa shape index (κ3) is 2.54. The summed E-state index contributed by atoms with van der Waals surface area (Å²) in [5.74, 6) is 2.45. The minimum Gasteiger partial charge on any atom is -0.493 e. The van der Waals surface area contributed by atoms with Crippen molar-refractivity contribution in [1.29, 1.82) is 0 Å². The van der Waals surface area contributed by atoms with Crippen molar-refractivity contribution < 1.29 is 9.47 Å². The Hall–Kier alpha value is -2.08. The monoisotopic (exact) mass is 302 g/mol. The van der Waals surface area contributed by atoms with E-state index in [4.69, 9.17) is 15.2 Å². The van der Waals surface area contributed by atoms with Gasteiger partial charge in [-0.15, -0.1) is 0 Å². The van der Waals surface area contributed by atoms with Gasteiger partial charge in [-0.05, 0) is 39.9 Å². The molecule has 1 heterocycles. The van der Waals surface area contributed by atoms with Gasteiger partial charge in [0.25, 0.3) is 0 Å². The number of aryl methyl sites for hydroxylation is 1. The van der Waals surface area contributed by atoms with Crippen molar-refractivity contribution in [3.05, 3.63) is 18.0 Å². The van der Waals surface area contributed by atoms with Gasteiger partial charge in [-0.3, -0.25) is 0 Å². The normalized spacial score (nSPS) is 16.0. The van der Waals surface area contributed by atoms with E-state index < -0.39 is 0 Å². The zero-order chi connectivity index (χ0) is 15.9. The van der Waals surface area contributed by atoms with Crippen LogP contribution in [0.3, 0.4) is 0 Å². The maximum absolute atomic E-state index is 6.03. The van der Waals surface area contributed by atoms with Crippen molar-refractivity contribution in [1.82, 2.24) is 14.9 Å². The first-order valence-electron chi connectivity index (χ1n) is 7.37. The first-order chi connectivity index (χ1) is 10.4. The standard InChI is InChI=1S/C16H22N4O2/c1-10-18-12-8-13(21-4)14(7-11(12)15(17)19-10)22-9-16(5-6-16)20(2)3/h7-8H,5-6,9H2,1-4H3,(H2,17,18,19). The number of anilines is 1. The minimum absolute atomic E-state index is 0.148. The number of aromatic nitrogens is 2. The first-order valence-corrected chi connectivity index (χ1v) is 7.37. The van der Waals surface area contributed by atoms with E-state index in [0.29, 0.717) is 29.7 Å². The van der Waals surface area contributed by atoms with E-state index >= 15 is 0 Å². The van der Waals surface area contributed by atoms with Crippen LogP contribution in [0.1, 0.15) is 18.7 Å². The Morgan fingerprint density at radius 2 is 1.95 bits per heavy atom. The molecule has 6 heteroatoms. The number of benzene rings is 1. The molecule has 1 aromatic carbocycles. The zero-order valence-electron chi connectivity index (χ0n) is 13.5. The lowest BCUT2D eigenvalue weighted by Crippen LogP contribution is -2.35. The molecule has 0 unspecified atom stereocenters. The molecule has 0 spiro atoms. The Morgan fingerprint density at radius 1 is 1.23 bits per heavy atom. The molecule has 2 aromatic rings. The van der Waals surface area contributed by atoms with Crippen molar-refractivity contribution in [2.45, 2.75) is 25.3 Å². The summed E-state index contributed by atoms with van der Waals surface area (Å²) < 4.78 is 11.5. The lowest BCUT2D eigenvalue weighted by Gasteiger charge is -2.24. The number of hydrogen-bond donors (Lipinski definition) is 1. The number of ether oxygens (including phenoxy) is 2. The Labute approximate surface area is 130 Å². The molecule has 6 nitrogen and oxygen atoms in total. The molecule has 0 saturated heterocycles. The highest BCUT2D eigenvalue weighted by atomic mass is 16.5. The molecule has 1 aliphatic carbocycles. The van der Waals surface area contributed by atoms with E-state index in [9.17, 15) is 0 Å². The highest BCUT2D eigenvalue weighted by molar-refractivity contribution is 5.90. The Kier molecular flexibility index (Phi) is 3.56. The van der Waals surface area contributed by atoms with Gasteiger partial charge in [-0.2, -0.15) is 0 Å². The molecule has 1 fully saturated rings. The van der Waals surface area contributed by atoms with Crippen LogP contribution in [0.15, 0.2) is 12.1 Å². The van der Waals surface area contributed by atoms with E-state index in [-0.39, 0.29) is 5.54 Å². The molecule has 3 rings (SSSR count). The van der Waals surface area contributed by atoms with Crippen LogP contribution in [-0.4, -0.2) is 48.2 Å². The molecule has 2 N–H and O–H groups in total. The maximum atomic E-state index is 6.03. The van der Waals surface area contributed by atoms with E-state index in [0.717, 1.165) is 23.7 Å². The average molecular weight is 302 g/mol. The average Bonchev–Trinajstić information content (AvgIpc) is 3.25. The third-order valence-electron chi connectivity index (χ3n) is 4.39. The summed E-state index contributed by atoms with van der Waals surface area (Å²) in [6.45, 7) is 2.45. The number of likely N-dealkylation sites (N-methyl/N-ethyl adjacent to an activating group) is 1. The molecular formula is C16H22N4O2. The van der Waals surface area contributed by atoms with E-state index in [1.807, 2.05) is 19.1 Å². The molecule has 1 saturated carbocycles. The second kappa shape index (κ2) is 5.28. The highest BCUT2D eigenvalue weighted by Gasteiger charge is 2.45. The second-order valence-electron chi connectivity index (χ2n) is 6.08. The van der Waals surface area contributed by atoms with Crippen molar-refractivity contribution in [2.75, 3.05) is 33.5 Å². The molecule has 0 amide bonds. The van der Waals surface area contributed by atoms with Crippen LogP contribution in [0.25, 0.3) is 10.9 Å². The lowest BCUT2D eigenvalue weighted by molar-refractivity contribution is 0.164. The van der Waals surface area contributed by atoms with Crippen LogP contribution in [0, 0.1) is 6.92 Å². The van der Waals surface area contributed by atoms with Crippen LogP contribution in [0.2, 0.25) is 0 Å². The predicted octanol–water partition coefficient (Wildman–Crippen LogP) is 2.00. The number of rotatable bonds is 5. The Balaban J connectivity index is 1.94. The summed E-state index contributed by atoms with van der Waals surface area (Å²) in [5, 5.41) is 0.788. The summed E-state index contributed by atoms with van der Waals surface area (Å²) >= 11 is 0. The van der Waals surface area contributed by atoms with Gasteiger partial charge < -0.3 is 20.1 Å². The van der Waals surface area contributed by atoms with Crippen molar-refractivity contribution in [2.24, 2.45) is 0 Å². The number of hydrogen-bond acceptors (Lipinski definition) is 6. The molecule has 22 heavy (non-hydrogen) atoms. The van der Waals surface area contributed by atoms with Crippen LogP contribution < -0.4 is 15.2 Å². The largest absolute Gasteiger partial charge is 0.493 e. The van der Waals surface area contributed by atoms with Gasteiger partial charge in [0.05, 0.1) is 18.2 Å². The number of methoxy groups -OCH3 is 1. The van der Waals surface area contributed by atoms with Gasteiger partial charge in [0.2, 0.25) is 0 Å². The Bertz CT molecular complexity index is 711. The fourth-order valence-electron chi connectivity index (χ4n) is 2.63. The van der Waals surface area contributed by atoms with Crippen LogP contribution >= 0.6 is 0 Å². The SMILES string of the molecule is COc1cc2nc(C)nc(N)c2cc1OCC1(N(C)C)CC1. The second-order valence-corrected chi connectivity index (χ2v) is 6.08.